The number of hydrogen-bond acceptors (Lipinski definition) is 7. The fraction of sp³-hybridized carbons (Fsp3) is 0.391. The Morgan fingerprint density at radius 1 is 0.935 bits per heavy atom. The molecule has 0 radical (unpaired) electrons. The Kier molecular flexibility index (Phi) is 7.70. The van der Waals surface area contributed by atoms with Crippen LogP contribution in [0.1, 0.15) is 24.2 Å². The number of nitrogens with zero attached hydrogens (tertiary/aromatic N) is 3. The first-order valence-corrected chi connectivity index (χ1v) is 11.1. The third-order valence-corrected chi connectivity index (χ3v) is 6.27. The average Bonchev–Trinajstić information content (AvgIpc) is 3.23. The molecule has 0 aliphatic heterocycles. The highest BCUT2D eigenvalue weighted by Crippen LogP contribution is 2.33. The molecule has 0 spiro atoms. The molecular formula is C23H29N3O4S. The quantitative estimate of drug-likeness (QED) is 0.465. The van der Waals surface area contributed by atoms with Gasteiger partial charge in [-0.25, -0.2) is 4.98 Å². The number of methoxy groups -OCH3 is 3. The van der Waals surface area contributed by atoms with Gasteiger partial charge in [-0.3, -0.25) is 9.69 Å². The van der Waals surface area contributed by atoms with Gasteiger partial charge in [0.05, 0.1) is 31.5 Å². The van der Waals surface area contributed by atoms with Crippen LogP contribution in [0.4, 0.5) is 5.13 Å². The van der Waals surface area contributed by atoms with Crippen molar-refractivity contribution in [3.63, 3.8) is 0 Å². The monoisotopic (exact) mass is 443 g/mol. The van der Waals surface area contributed by atoms with E-state index in [-0.39, 0.29) is 5.91 Å². The Morgan fingerprint density at radius 2 is 1.68 bits per heavy atom. The molecule has 7 nitrogen and oxygen atoms in total. The van der Waals surface area contributed by atoms with Crippen LogP contribution in [0.25, 0.3) is 10.2 Å². The molecule has 31 heavy (non-hydrogen) atoms. The van der Waals surface area contributed by atoms with Crippen LogP contribution < -0.4 is 19.1 Å². The number of aromatic nitrogens is 1. The van der Waals surface area contributed by atoms with Crippen molar-refractivity contribution in [2.45, 2.75) is 13.8 Å². The highest BCUT2D eigenvalue weighted by molar-refractivity contribution is 7.22. The Balaban J connectivity index is 1.98. The van der Waals surface area contributed by atoms with E-state index in [1.54, 1.807) is 44.4 Å². The highest BCUT2D eigenvalue weighted by Gasteiger charge is 2.23. The first kappa shape index (κ1) is 22.8. The summed E-state index contributed by atoms with van der Waals surface area (Å²) >= 11 is 1.48. The van der Waals surface area contributed by atoms with Crippen LogP contribution in [-0.4, -0.2) is 63.3 Å². The van der Waals surface area contributed by atoms with Crippen LogP contribution >= 0.6 is 11.3 Å². The zero-order chi connectivity index (χ0) is 22.4. The summed E-state index contributed by atoms with van der Waals surface area (Å²) in [5.74, 6) is 1.75. The summed E-state index contributed by atoms with van der Waals surface area (Å²) < 4.78 is 17.0. The van der Waals surface area contributed by atoms with Gasteiger partial charge in [0.2, 0.25) is 0 Å². The number of likely N-dealkylation sites (N-methyl/N-ethyl adjacent to an activating group) is 1. The minimum absolute atomic E-state index is 0.126. The Bertz CT molecular complexity index is 1030. The number of fused-ring (bicyclic) bond motifs is 1. The van der Waals surface area contributed by atoms with Gasteiger partial charge >= 0.3 is 0 Å². The number of amides is 1. The molecule has 0 saturated carbocycles. The molecule has 0 N–H and O–H groups in total. The van der Waals surface area contributed by atoms with Gasteiger partial charge in [-0.15, -0.1) is 0 Å². The Hall–Kier alpha value is -2.84. The molecule has 2 aromatic carbocycles. The molecule has 3 aromatic rings. The lowest BCUT2D eigenvalue weighted by molar-refractivity contribution is 0.0983. The maximum absolute atomic E-state index is 13.6. The molecule has 0 aliphatic carbocycles. The highest BCUT2D eigenvalue weighted by atomic mass is 32.1. The van der Waals surface area contributed by atoms with Gasteiger partial charge in [-0.05, 0) is 49.5 Å². The maximum Gasteiger partial charge on any atom is 0.260 e. The van der Waals surface area contributed by atoms with E-state index in [0.29, 0.717) is 28.7 Å². The summed E-state index contributed by atoms with van der Waals surface area (Å²) in [6.45, 7) is 7.37. The lowest BCUT2D eigenvalue weighted by atomic mass is 10.1. The average molecular weight is 444 g/mol. The number of carbonyl (C=O) groups excluding carboxylic acids is 1. The molecule has 3 rings (SSSR count). The molecule has 0 bridgehead atoms. The van der Waals surface area contributed by atoms with E-state index >= 15 is 0 Å². The van der Waals surface area contributed by atoms with Crippen LogP contribution in [0.5, 0.6) is 17.2 Å². The molecule has 0 unspecified atom stereocenters. The zero-order valence-corrected chi connectivity index (χ0v) is 19.5. The predicted molar refractivity (Wildman–Crippen MR) is 125 cm³/mol. The van der Waals surface area contributed by atoms with Crippen LogP contribution in [-0.2, 0) is 0 Å². The summed E-state index contributed by atoms with van der Waals surface area (Å²) in [6, 6.07) is 10.9. The number of thiazole rings is 1. The second kappa shape index (κ2) is 10.5. The number of ether oxygens (including phenoxy) is 3. The maximum atomic E-state index is 13.6. The van der Waals surface area contributed by atoms with Crippen molar-refractivity contribution >= 4 is 32.6 Å². The largest absolute Gasteiger partial charge is 0.497 e. The van der Waals surface area contributed by atoms with Crippen molar-refractivity contribution in [3.8, 4) is 17.2 Å². The second-order valence-corrected chi connectivity index (χ2v) is 7.89. The van der Waals surface area contributed by atoms with Gasteiger partial charge in [0, 0.05) is 18.7 Å². The van der Waals surface area contributed by atoms with E-state index in [9.17, 15) is 4.79 Å². The SMILES string of the molecule is CCN(CC)CCN(C(=O)c1ccc(OC)c(OC)c1)c1nc2ccc(OC)cc2s1. The molecule has 0 saturated heterocycles. The molecule has 8 heteroatoms. The van der Waals surface area contributed by atoms with Gasteiger partial charge in [0.1, 0.15) is 5.75 Å². The summed E-state index contributed by atoms with van der Waals surface area (Å²) in [7, 11) is 4.77. The number of carbonyl (C=O) groups is 1. The smallest absolute Gasteiger partial charge is 0.260 e. The number of rotatable bonds is 10. The number of benzene rings is 2. The van der Waals surface area contributed by atoms with E-state index in [2.05, 4.69) is 18.7 Å². The van der Waals surface area contributed by atoms with Gasteiger partial charge < -0.3 is 19.1 Å². The fourth-order valence-corrected chi connectivity index (χ4v) is 4.34. The van der Waals surface area contributed by atoms with Crippen LogP contribution in [0.2, 0.25) is 0 Å². The van der Waals surface area contributed by atoms with E-state index < -0.39 is 0 Å². The third-order valence-electron chi connectivity index (χ3n) is 5.23. The van der Waals surface area contributed by atoms with Crippen molar-refractivity contribution in [1.29, 1.82) is 0 Å². The molecule has 1 amide bonds. The Labute approximate surface area is 187 Å². The number of anilines is 1. The molecule has 0 aliphatic rings. The van der Waals surface area contributed by atoms with E-state index in [1.807, 2.05) is 18.2 Å². The summed E-state index contributed by atoms with van der Waals surface area (Å²) in [5, 5.41) is 0.662. The van der Waals surface area contributed by atoms with E-state index in [1.165, 1.54) is 11.3 Å². The van der Waals surface area contributed by atoms with Crippen LogP contribution in [0.15, 0.2) is 36.4 Å². The summed E-state index contributed by atoms with van der Waals surface area (Å²) in [4.78, 5) is 22.3. The topological polar surface area (TPSA) is 64.1 Å². The molecule has 1 aromatic heterocycles. The van der Waals surface area contributed by atoms with Gasteiger partial charge in [-0.2, -0.15) is 0 Å². The minimum atomic E-state index is -0.126. The Morgan fingerprint density at radius 3 is 2.32 bits per heavy atom. The van der Waals surface area contributed by atoms with Gasteiger partial charge in [0.25, 0.3) is 5.91 Å². The van der Waals surface area contributed by atoms with Crippen molar-refractivity contribution < 1.29 is 19.0 Å². The fourth-order valence-electron chi connectivity index (χ4n) is 3.33. The van der Waals surface area contributed by atoms with Crippen molar-refractivity contribution in [2.24, 2.45) is 0 Å². The number of hydrogen-bond donors (Lipinski definition) is 0. The second-order valence-electron chi connectivity index (χ2n) is 6.88. The lowest BCUT2D eigenvalue weighted by Gasteiger charge is -2.25. The van der Waals surface area contributed by atoms with E-state index in [4.69, 9.17) is 19.2 Å². The van der Waals surface area contributed by atoms with Crippen molar-refractivity contribution in [3.05, 3.63) is 42.0 Å². The molecule has 1 heterocycles. The normalized spacial score (nSPS) is 11.0. The molecule has 166 valence electrons. The predicted octanol–water partition coefficient (Wildman–Crippen LogP) is 4.31. The van der Waals surface area contributed by atoms with Crippen molar-refractivity contribution in [1.82, 2.24) is 9.88 Å². The van der Waals surface area contributed by atoms with E-state index in [0.717, 1.165) is 35.6 Å². The summed E-state index contributed by atoms with van der Waals surface area (Å²) in [6.07, 6.45) is 0. The van der Waals surface area contributed by atoms with Gasteiger partial charge in [0.15, 0.2) is 16.6 Å². The lowest BCUT2D eigenvalue weighted by Crippen LogP contribution is -2.38. The standard InChI is InChI=1S/C23H29N3O4S/c1-6-25(7-2)12-13-26(22(27)16-8-11-19(29-4)20(14-16)30-5)23-24-18-10-9-17(28-3)15-21(18)31-23/h8-11,14-15H,6-7,12-13H2,1-5H3. The molecular weight excluding hydrogens is 414 g/mol. The van der Waals surface area contributed by atoms with Crippen LogP contribution in [0.3, 0.4) is 0 Å². The van der Waals surface area contributed by atoms with Gasteiger partial charge in [-0.1, -0.05) is 25.2 Å². The first-order chi connectivity index (χ1) is 15.0. The molecule has 0 fully saturated rings. The minimum Gasteiger partial charge on any atom is -0.497 e. The van der Waals surface area contributed by atoms with Crippen LogP contribution in [0, 0.1) is 0 Å². The summed E-state index contributed by atoms with van der Waals surface area (Å²) in [5.41, 5.74) is 1.36. The molecule has 0 atom stereocenters. The van der Waals surface area contributed by atoms with Crippen molar-refractivity contribution in [2.75, 3.05) is 52.4 Å². The first-order valence-electron chi connectivity index (χ1n) is 10.2. The third kappa shape index (κ3) is 5.08. The zero-order valence-electron chi connectivity index (χ0n) is 18.7.